The number of aromatic nitrogens is 1. The van der Waals surface area contributed by atoms with E-state index in [1.165, 1.54) is 10.5 Å². The largest absolute Gasteiger partial charge is 0.395 e. The minimum absolute atomic E-state index is 0.0140. The molecule has 1 aliphatic carbocycles. The summed E-state index contributed by atoms with van der Waals surface area (Å²) >= 11 is 0. The number of anilines is 1. The lowest BCUT2D eigenvalue weighted by molar-refractivity contribution is 0.199. The first kappa shape index (κ1) is 16.2. The Hall–Kier alpha value is -1.18. The molecule has 0 bridgehead atoms. The number of aliphatic hydroxyl groups excluding tert-OH is 1. The van der Waals surface area contributed by atoms with Crippen molar-refractivity contribution < 1.29 is 13.5 Å². The smallest absolute Gasteiger partial charge is 0.244 e. The van der Waals surface area contributed by atoms with Gasteiger partial charge in [0.25, 0.3) is 0 Å². The zero-order chi connectivity index (χ0) is 15.3. The maximum atomic E-state index is 12.8. The summed E-state index contributed by atoms with van der Waals surface area (Å²) in [5, 5.41) is 12.1. The van der Waals surface area contributed by atoms with Gasteiger partial charge in [-0.15, -0.1) is 0 Å². The molecule has 0 aliphatic heterocycles. The molecule has 1 aliphatic rings. The minimum Gasteiger partial charge on any atom is -0.395 e. The summed E-state index contributed by atoms with van der Waals surface area (Å²) in [6, 6.07) is 3.19. The van der Waals surface area contributed by atoms with Gasteiger partial charge in [0.2, 0.25) is 10.0 Å². The molecule has 6 nitrogen and oxygen atoms in total. The Bertz CT molecular complexity index is 539. The Balaban J connectivity index is 2.27. The first-order valence-electron chi connectivity index (χ1n) is 7.36. The van der Waals surface area contributed by atoms with Gasteiger partial charge in [-0.3, -0.25) is 0 Å². The molecule has 0 unspecified atom stereocenters. The van der Waals surface area contributed by atoms with Crippen LogP contribution in [0.3, 0.4) is 0 Å². The maximum absolute atomic E-state index is 12.8. The van der Waals surface area contributed by atoms with E-state index in [1.807, 2.05) is 0 Å². The number of sulfonamides is 1. The van der Waals surface area contributed by atoms with Gasteiger partial charge in [0.1, 0.15) is 10.7 Å². The molecule has 1 saturated carbocycles. The average molecular weight is 313 g/mol. The van der Waals surface area contributed by atoms with Crippen molar-refractivity contribution in [3.05, 3.63) is 18.3 Å². The summed E-state index contributed by atoms with van der Waals surface area (Å²) in [5.74, 6) is 0.625. The van der Waals surface area contributed by atoms with Crippen LogP contribution in [0.15, 0.2) is 23.2 Å². The predicted octanol–water partition coefficient (Wildman–Crippen LogP) is 1.44. The normalized spacial score (nSPS) is 17.1. The highest BCUT2D eigenvalue weighted by atomic mass is 32.2. The van der Waals surface area contributed by atoms with E-state index in [1.54, 1.807) is 19.2 Å². The summed E-state index contributed by atoms with van der Waals surface area (Å²) in [6.07, 6.45) is 6.33. The first-order valence-corrected chi connectivity index (χ1v) is 8.80. The highest BCUT2D eigenvalue weighted by Gasteiger charge is 2.32. The minimum atomic E-state index is -3.60. The van der Waals surface area contributed by atoms with Gasteiger partial charge in [0.15, 0.2) is 0 Å². The quantitative estimate of drug-likeness (QED) is 0.830. The molecule has 0 aromatic carbocycles. The molecule has 0 amide bonds. The molecule has 1 aromatic rings. The van der Waals surface area contributed by atoms with Crippen LogP contribution in [0.1, 0.15) is 32.1 Å². The van der Waals surface area contributed by atoms with Crippen molar-refractivity contribution in [2.75, 3.05) is 25.5 Å². The summed E-state index contributed by atoms with van der Waals surface area (Å²) in [7, 11) is -1.87. The van der Waals surface area contributed by atoms with Crippen molar-refractivity contribution in [3.63, 3.8) is 0 Å². The van der Waals surface area contributed by atoms with Gasteiger partial charge in [0, 0.05) is 25.8 Å². The molecule has 0 radical (unpaired) electrons. The number of hydrogen-bond donors (Lipinski definition) is 2. The highest BCUT2D eigenvalue weighted by molar-refractivity contribution is 7.89. The average Bonchev–Trinajstić information content (AvgIpc) is 2.53. The van der Waals surface area contributed by atoms with Gasteiger partial charge in [-0.05, 0) is 25.0 Å². The molecule has 1 fully saturated rings. The van der Waals surface area contributed by atoms with Gasteiger partial charge in [-0.25, -0.2) is 13.4 Å². The Kier molecular flexibility index (Phi) is 5.55. The molecule has 2 N–H and O–H groups in total. The Morgan fingerprint density at radius 2 is 2.05 bits per heavy atom. The van der Waals surface area contributed by atoms with Crippen LogP contribution in [-0.4, -0.2) is 49.1 Å². The highest BCUT2D eigenvalue weighted by Crippen LogP contribution is 2.27. The summed E-state index contributed by atoms with van der Waals surface area (Å²) < 4.78 is 27.0. The van der Waals surface area contributed by atoms with Gasteiger partial charge in [0.05, 0.1) is 6.61 Å². The van der Waals surface area contributed by atoms with Crippen LogP contribution >= 0.6 is 0 Å². The van der Waals surface area contributed by atoms with Crippen LogP contribution in [0, 0.1) is 0 Å². The molecule has 1 aromatic heterocycles. The number of nitrogens with one attached hydrogen (secondary N) is 1. The molecule has 0 atom stereocenters. The van der Waals surface area contributed by atoms with Crippen molar-refractivity contribution in [2.45, 2.75) is 43.0 Å². The third-order valence-corrected chi connectivity index (χ3v) is 5.84. The lowest BCUT2D eigenvalue weighted by Gasteiger charge is -2.32. The van der Waals surface area contributed by atoms with E-state index in [0.717, 1.165) is 32.1 Å². The maximum Gasteiger partial charge on any atom is 0.244 e. The molecule has 0 spiro atoms. The Morgan fingerprint density at radius 3 is 2.57 bits per heavy atom. The molecule has 21 heavy (non-hydrogen) atoms. The molecular formula is C14H23N3O3S. The Labute approximate surface area is 126 Å². The monoisotopic (exact) mass is 313 g/mol. The van der Waals surface area contributed by atoms with Gasteiger partial charge < -0.3 is 10.4 Å². The van der Waals surface area contributed by atoms with Crippen molar-refractivity contribution in [1.29, 1.82) is 0 Å². The number of aliphatic hydroxyl groups is 1. The summed E-state index contributed by atoms with van der Waals surface area (Å²) in [6.45, 7) is -0.0292. The third-order valence-electron chi connectivity index (χ3n) is 3.90. The van der Waals surface area contributed by atoms with E-state index in [9.17, 15) is 13.5 Å². The van der Waals surface area contributed by atoms with Crippen LogP contribution in [0.5, 0.6) is 0 Å². The van der Waals surface area contributed by atoms with E-state index < -0.39 is 10.0 Å². The van der Waals surface area contributed by atoms with Gasteiger partial charge in [-0.1, -0.05) is 19.3 Å². The van der Waals surface area contributed by atoms with E-state index in [0.29, 0.717) is 5.82 Å². The number of nitrogens with zero attached hydrogens (tertiary/aromatic N) is 2. The number of hydrogen-bond acceptors (Lipinski definition) is 5. The zero-order valence-corrected chi connectivity index (χ0v) is 13.1. The SMILES string of the molecule is CNc1ccc(S(=O)(=O)N(CCO)C2CCCCC2)cn1. The molecule has 118 valence electrons. The molecule has 7 heteroatoms. The van der Waals surface area contributed by atoms with E-state index in [-0.39, 0.29) is 24.1 Å². The predicted molar refractivity (Wildman–Crippen MR) is 81.6 cm³/mol. The van der Waals surface area contributed by atoms with Crippen molar-refractivity contribution in [1.82, 2.24) is 9.29 Å². The van der Waals surface area contributed by atoms with Crippen molar-refractivity contribution >= 4 is 15.8 Å². The van der Waals surface area contributed by atoms with Gasteiger partial charge in [-0.2, -0.15) is 4.31 Å². The van der Waals surface area contributed by atoms with Crippen LogP contribution < -0.4 is 5.32 Å². The van der Waals surface area contributed by atoms with E-state index in [2.05, 4.69) is 10.3 Å². The van der Waals surface area contributed by atoms with Crippen molar-refractivity contribution in [2.24, 2.45) is 0 Å². The molecule has 0 saturated heterocycles. The van der Waals surface area contributed by atoms with Crippen LogP contribution in [0.2, 0.25) is 0 Å². The summed E-state index contributed by atoms with van der Waals surface area (Å²) in [4.78, 5) is 4.25. The van der Waals surface area contributed by atoms with Gasteiger partial charge >= 0.3 is 0 Å². The van der Waals surface area contributed by atoms with Crippen LogP contribution in [-0.2, 0) is 10.0 Å². The fourth-order valence-electron chi connectivity index (χ4n) is 2.78. The van der Waals surface area contributed by atoms with Crippen LogP contribution in [0.4, 0.5) is 5.82 Å². The van der Waals surface area contributed by atoms with Crippen LogP contribution in [0.25, 0.3) is 0 Å². The second-order valence-corrected chi connectivity index (χ2v) is 7.15. The zero-order valence-electron chi connectivity index (χ0n) is 12.3. The first-order chi connectivity index (χ1) is 10.1. The molecule has 2 rings (SSSR count). The Morgan fingerprint density at radius 1 is 1.33 bits per heavy atom. The molecular weight excluding hydrogens is 290 g/mol. The van der Waals surface area contributed by atoms with Crippen molar-refractivity contribution in [3.8, 4) is 0 Å². The molecule has 1 heterocycles. The van der Waals surface area contributed by atoms with E-state index in [4.69, 9.17) is 0 Å². The number of rotatable bonds is 6. The second kappa shape index (κ2) is 7.20. The summed E-state index contributed by atoms with van der Waals surface area (Å²) in [5.41, 5.74) is 0. The topological polar surface area (TPSA) is 82.5 Å². The fourth-order valence-corrected chi connectivity index (χ4v) is 4.40. The lowest BCUT2D eigenvalue weighted by atomic mass is 9.95. The fraction of sp³-hybridized carbons (Fsp3) is 0.643. The third kappa shape index (κ3) is 3.72. The number of pyridine rings is 1. The van der Waals surface area contributed by atoms with E-state index >= 15 is 0 Å². The standard InChI is InChI=1S/C14H23N3O3S/c1-15-14-8-7-13(11-16-14)21(19,20)17(9-10-18)12-5-3-2-4-6-12/h7-8,11-12,18H,2-6,9-10H2,1H3,(H,15,16). The second-order valence-electron chi connectivity index (χ2n) is 5.26. The lowest BCUT2D eigenvalue weighted by Crippen LogP contribution is -2.43.